The number of nitrogens with two attached hydrogens (primary N) is 1. The van der Waals surface area contributed by atoms with Crippen molar-refractivity contribution in [2.45, 2.75) is 39.7 Å². The van der Waals surface area contributed by atoms with Gasteiger partial charge in [-0.1, -0.05) is 6.92 Å². The fraction of sp³-hybridized carbons (Fsp3) is 0.750. The number of rotatable bonds is 4. The topological polar surface area (TPSA) is 89.2 Å². The van der Waals surface area contributed by atoms with Crippen LogP contribution in [-0.2, 0) is 0 Å². The molecule has 1 aliphatic rings. The van der Waals surface area contributed by atoms with E-state index in [9.17, 15) is 0 Å². The van der Waals surface area contributed by atoms with Crippen LogP contribution in [0.1, 0.15) is 33.6 Å². The molecule has 0 bridgehead atoms. The van der Waals surface area contributed by atoms with Gasteiger partial charge in [0, 0.05) is 12.6 Å². The average molecular weight is 266 g/mol. The van der Waals surface area contributed by atoms with Crippen molar-refractivity contribution < 1.29 is 4.74 Å². The fourth-order valence-corrected chi connectivity index (χ4v) is 2.35. The molecule has 0 aromatic carbocycles. The number of ether oxygens (including phenoxy) is 1. The number of hydrogen-bond acceptors (Lipinski definition) is 7. The smallest absolute Gasteiger partial charge is 0.323 e. The van der Waals surface area contributed by atoms with Crippen molar-refractivity contribution in [1.82, 2.24) is 15.0 Å². The zero-order chi connectivity index (χ0) is 13.8. The number of piperidine rings is 1. The third kappa shape index (κ3) is 3.04. The largest absolute Gasteiger partial charge is 0.464 e. The van der Waals surface area contributed by atoms with Gasteiger partial charge in [-0.2, -0.15) is 15.0 Å². The van der Waals surface area contributed by atoms with Crippen molar-refractivity contribution in [3.8, 4) is 6.01 Å². The highest BCUT2D eigenvalue weighted by atomic mass is 16.5. The Morgan fingerprint density at radius 2 is 2.16 bits per heavy atom. The van der Waals surface area contributed by atoms with Gasteiger partial charge in [-0.3, -0.25) is 5.43 Å². The van der Waals surface area contributed by atoms with Gasteiger partial charge >= 0.3 is 6.01 Å². The van der Waals surface area contributed by atoms with Crippen LogP contribution in [0.3, 0.4) is 0 Å². The second-order valence-corrected chi connectivity index (χ2v) is 4.87. The van der Waals surface area contributed by atoms with Crippen molar-refractivity contribution >= 4 is 11.9 Å². The number of anilines is 2. The van der Waals surface area contributed by atoms with E-state index >= 15 is 0 Å². The van der Waals surface area contributed by atoms with E-state index in [1.54, 1.807) is 0 Å². The van der Waals surface area contributed by atoms with E-state index in [1.165, 1.54) is 6.42 Å². The average Bonchev–Trinajstić information content (AvgIpc) is 2.42. The molecule has 1 fully saturated rings. The van der Waals surface area contributed by atoms with E-state index in [2.05, 4.69) is 39.1 Å². The lowest BCUT2D eigenvalue weighted by atomic mass is 9.92. The fourth-order valence-electron chi connectivity index (χ4n) is 2.35. The number of nitrogens with one attached hydrogen (secondary N) is 1. The Morgan fingerprint density at radius 1 is 1.37 bits per heavy atom. The first-order chi connectivity index (χ1) is 9.15. The van der Waals surface area contributed by atoms with Gasteiger partial charge in [0.25, 0.3) is 0 Å². The Balaban J connectivity index is 2.29. The van der Waals surface area contributed by atoms with Crippen LogP contribution in [0.5, 0.6) is 6.01 Å². The third-order valence-corrected chi connectivity index (χ3v) is 3.64. The molecule has 1 aromatic heterocycles. The lowest BCUT2D eigenvalue weighted by Crippen LogP contribution is -2.43. The van der Waals surface area contributed by atoms with Gasteiger partial charge in [0.15, 0.2) is 0 Å². The Kier molecular flexibility index (Phi) is 4.36. The summed E-state index contributed by atoms with van der Waals surface area (Å²) < 4.78 is 5.36. The van der Waals surface area contributed by atoms with Crippen LogP contribution in [0.15, 0.2) is 0 Å². The predicted octanol–water partition coefficient (Wildman–Crippen LogP) is 1.18. The molecule has 1 saturated heterocycles. The summed E-state index contributed by atoms with van der Waals surface area (Å²) >= 11 is 0. The van der Waals surface area contributed by atoms with Crippen molar-refractivity contribution in [3.05, 3.63) is 0 Å². The first-order valence-electron chi connectivity index (χ1n) is 6.77. The highest BCUT2D eigenvalue weighted by molar-refractivity contribution is 5.39. The van der Waals surface area contributed by atoms with Crippen molar-refractivity contribution in [1.29, 1.82) is 0 Å². The van der Waals surface area contributed by atoms with E-state index in [4.69, 9.17) is 10.6 Å². The zero-order valence-electron chi connectivity index (χ0n) is 11.8. The molecule has 0 spiro atoms. The summed E-state index contributed by atoms with van der Waals surface area (Å²) in [6, 6.07) is 0.710. The summed E-state index contributed by atoms with van der Waals surface area (Å²) in [5.74, 6) is 6.98. The molecule has 1 aromatic rings. The molecule has 106 valence electrons. The number of aromatic nitrogens is 3. The highest BCUT2D eigenvalue weighted by Gasteiger charge is 2.27. The van der Waals surface area contributed by atoms with Gasteiger partial charge in [-0.25, -0.2) is 5.84 Å². The SMILES string of the molecule is CCOc1nc(NN)nc(N2CCCC(C)C2C)n1. The quantitative estimate of drug-likeness (QED) is 0.624. The summed E-state index contributed by atoms with van der Waals surface area (Å²) in [5.41, 5.74) is 2.46. The first-order valence-corrected chi connectivity index (χ1v) is 6.77. The number of hydrogen-bond donors (Lipinski definition) is 2. The molecule has 1 aliphatic heterocycles. The number of hydrazine groups is 1. The van der Waals surface area contributed by atoms with Crippen molar-refractivity contribution in [2.24, 2.45) is 11.8 Å². The van der Waals surface area contributed by atoms with Crippen LogP contribution in [0, 0.1) is 5.92 Å². The van der Waals surface area contributed by atoms with E-state index < -0.39 is 0 Å². The Bertz CT molecular complexity index is 427. The molecule has 2 unspecified atom stereocenters. The highest BCUT2D eigenvalue weighted by Crippen LogP contribution is 2.27. The third-order valence-electron chi connectivity index (χ3n) is 3.64. The molecule has 2 atom stereocenters. The minimum atomic E-state index is 0.311. The molecule has 2 rings (SSSR count). The van der Waals surface area contributed by atoms with Crippen LogP contribution in [0.4, 0.5) is 11.9 Å². The maximum absolute atomic E-state index is 5.40. The van der Waals surface area contributed by atoms with Gasteiger partial charge in [0.05, 0.1) is 6.61 Å². The van der Waals surface area contributed by atoms with Gasteiger partial charge in [-0.05, 0) is 32.6 Å². The zero-order valence-corrected chi connectivity index (χ0v) is 11.8. The molecule has 7 heteroatoms. The molecule has 7 nitrogen and oxygen atoms in total. The summed E-state index contributed by atoms with van der Waals surface area (Å²) in [7, 11) is 0. The maximum Gasteiger partial charge on any atom is 0.323 e. The monoisotopic (exact) mass is 266 g/mol. The molecule has 3 N–H and O–H groups in total. The second-order valence-electron chi connectivity index (χ2n) is 4.87. The Hall–Kier alpha value is -1.63. The standard InChI is InChI=1S/C12H22N6O/c1-4-19-12-15-10(17-13)14-11(16-12)18-7-5-6-8(2)9(18)3/h8-9H,4-7,13H2,1-3H3,(H,14,15,16,17). The number of nitrogens with zero attached hydrogens (tertiary/aromatic N) is 4. The molecule has 19 heavy (non-hydrogen) atoms. The van der Waals surface area contributed by atoms with E-state index in [0.29, 0.717) is 36.5 Å². The minimum absolute atomic E-state index is 0.311. The molecule has 2 heterocycles. The first kappa shape index (κ1) is 13.8. The van der Waals surface area contributed by atoms with Crippen LogP contribution in [0.2, 0.25) is 0 Å². The Morgan fingerprint density at radius 3 is 2.84 bits per heavy atom. The van der Waals surface area contributed by atoms with Crippen LogP contribution < -0.4 is 20.9 Å². The minimum Gasteiger partial charge on any atom is -0.464 e. The van der Waals surface area contributed by atoms with E-state index in [1.807, 2.05) is 6.92 Å². The summed E-state index contributed by atoms with van der Waals surface area (Å²) in [5, 5.41) is 0. The van der Waals surface area contributed by atoms with Crippen LogP contribution >= 0.6 is 0 Å². The van der Waals surface area contributed by atoms with Crippen molar-refractivity contribution in [3.63, 3.8) is 0 Å². The summed E-state index contributed by atoms with van der Waals surface area (Å²) in [6.07, 6.45) is 2.38. The van der Waals surface area contributed by atoms with Gasteiger partial charge in [0.1, 0.15) is 0 Å². The summed E-state index contributed by atoms with van der Waals surface area (Å²) in [4.78, 5) is 15.0. The van der Waals surface area contributed by atoms with Gasteiger partial charge < -0.3 is 9.64 Å². The van der Waals surface area contributed by atoms with Crippen molar-refractivity contribution in [2.75, 3.05) is 23.5 Å². The molecular weight excluding hydrogens is 244 g/mol. The second kappa shape index (κ2) is 6.01. The van der Waals surface area contributed by atoms with E-state index in [-0.39, 0.29) is 0 Å². The molecule has 0 amide bonds. The molecule has 0 saturated carbocycles. The van der Waals surface area contributed by atoms with Crippen LogP contribution in [0.25, 0.3) is 0 Å². The van der Waals surface area contributed by atoms with E-state index in [0.717, 1.165) is 13.0 Å². The lowest BCUT2D eigenvalue weighted by Gasteiger charge is -2.37. The van der Waals surface area contributed by atoms with Gasteiger partial charge in [0.2, 0.25) is 11.9 Å². The molecule has 0 radical (unpaired) electrons. The molecule has 0 aliphatic carbocycles. The van der Waals surface area contributed by atoms with Gasteiger partial charge in [-0.15, -0.1) is 0 Å². The predicted molar refractivity (Wildman–Crippen MR) is 74.0 cm³/mol. The lowest BCUT2D eigenvalue weighted by molar-refractivity contribution is 0.309. The van der Waals surface area contributed by atoms with Crippen LogP contribution in [-0.4, -0.2) is 34.1 Å². The summed E-state index contributed by atoms with van der Waals surface area (Å²) in [6.45, 7) is 7.81. The Labute approximate surface area is 113 Å². The molecular formula is C12H22N6O. The normalized spacial score (nSPS) is 23.3. The maximum atomic E-state index is 5.40. The number of nitrogen functional groups attached to an aromatic ring is 1.